The summed E-state index contributed by atoms with van der Waals surface area (Å²) in [7, 11) is -3.82. The highest BCUT2D eigenvalue weighted by molar-refractivity contribution is 7.89. The lowest BCUT2D eigenvalue weighted by Crippen LogP contribution is -2.33. The molecule has 2 aliphatic rings. The van der Waals surface area contributed by atoms with Crippen LogP contribution in [0.3, 0.4) is 0 Å². The van der Waals surface area contributed by atoms with E-state index in [9.17, 15) is 17.6 Å². The molecule has 3 N–H and O–H groups in total. The van der Waals surface area contributed by atoms with Gasteiger partial charge in [0, 0.05) is 5.56 Å². The number of aromatic nitrogens is 2. The standard InChI is InChI=1S/C25H23FN4O3S/c26-19-8-6-16(7-9-19)23-14-20(15-28-25(31)24-17-2-1-3-18(24)5-4-17)29-30(23)21-10-12-22(13-11-21)34(27,32)33/h4-14,24H,1-3,15H2,(H,28,31)(H2,27,32,33). The van der Waals surface area contributed by atoms with Crippen LogP contribution in [-0.2, 0) is 21.4 Å². The van der Waals surface area contributed by atoms with Gasteiger partial charge in [-0.05, 0) is 73.9 Å². The van der Waals surface area contributed by atoms with Gasteiger partial charge in [-0.25, -0.2) is 22.6 Å². The molecular weight excluding hydrogens is 455 g/mol. The molecule has 0 spiro atoms. The number of nitrogens with two attached hydrogens (primary N) is 1. The van der Waals surface area contributed by atoms with Crippen molar-refractivity contribution in [3.63, 3.8) is 0 Å². The average molecular weight is 479 g/mol. The number of sulfonamides is 1. The normalized spacial score (nSPS) is 15.7. The van der Waals surface area contributed by atoms with Gasteiger partial charge >= 0.3 is 0 Å². The first-order chi connectivity index (χ1) is 16.3. The Balaban J connectivity index is 1.43. The fourth-order valence-electron chi connectivity index (χ4n) is 4.53. The monoisotopic (exact) mass is 478 g/mol. The van der Waals surface area contributed by atoms with Gasteiger partial charge in [0.2, 0.25) is 15.9 Å². The van der Waals surface area contributed by atoms with Crippen LogP contribution in [-0.4, -0.2) is 24.1 Å². The smallest absolute Gasteiger partial charge is 0.238 e. The summed E-state index contributed by atoms with van der Waals surface area (Å²) in [6.07, 6.45) is 7.07. The Morgan fingerprint density at radius 3 is 2.32 bits per heavy atom. The molecular formula is C25H23FN4O3S. The topological polar surface area (TPSA) is 107 Å². The van der Waals surface area contributed by atoms with E-state index in [1.807, 2.05) is 6.07 Å². The molecule has 7 nitrogen and oxygen atoms in total. The van der Waals surface area contributed by atoms with Crippen LogP contribution in [0.4, 0.5) is 4.39 Å². The van der Waals surface area contributed by atoms with E-state index in [0.29, 0.717) is 17.1 Å². The second kappa shape index (κ2) is 8.66. The second-order valence-corrected chi connectivity index (χ2v) is 10.0. The minimum absolute atomic E-state index is 0.00931. The van der Waals surface area contributed by atoms with E-state index in [-0.39, 0.29) is 29.1 Å². The highest BCUT2D eigenvalue weighted by atomic mass is 32.2. The van der Waals surface area contributed by atoms with Crippen molar-refractivity contribution in [1.82, 2.24) is 15.1 Å². The van der Waals surface area contributed by atoms with E-state index in [1.165, 1.54) is 24.3 Å². The molecule has 1 amide bonds. The highest BCUT2D eigenvalue weighted by Gasteiger charge is 2.32. The van der Waals surface area contributed by atoms with E-state index in [1.54, 1.807) is 28.9 Å². The van der Waals surface area contributed by atoms with Gasteiger partial charge in [-0.3, -0.25) is 4.79 Å². The van der Waals surface area contributed by atoms with Crippen molar-refractivity contribution in [1.29, 1.82) is 0 Å². The lowest BCUT2D eigenvalue weighted by Gasteiger charge is -2.23. The molecule has 174 valence electrons. The van der Waals surface area contributed by atoms with Crippen molar-refractivity contribution < 1.29 is 17.6 Å². The number of carbonyl (C=O) groups excluding carboxylic acids is 1. The number of allylic oxidation sites excluding steroid dienone is 2. The van der Waals surface area contributed by atoms with Crippen LogP contribution in [0.5, 0.6) is 0 Å². The molecule has 0 unspecified atom stereocenters. The summed E-state index contributed by atoms with van der Waals surface area (Å²) in [4.78, 5) is 12.9. The largest absolute Gasteiger partial charge is 0.350 e. The van der Waals surface area contributed by atoms with Crippen LogP contribution in [0.15, 0.2) is 82.8 Å². The molecule has 0 saturated heterocycles. The van der Waals surface area contributed by atoms with Gasteiger partial charge in [-0.2, -0.15) is 5.10 Å². The zero-order valence-corrected chi connectivity index (χ0v) is 19.1. The fourth-order valence-corrected chi connectivity index (χ4v) is 5.05. The predicted molar refractivity (Wildman–Crippen MR) is 126 cm³/mol. The molecule has 2 aromatic carbocycles. The van der Waals surface area contributed by atoms with E-state index < -0.39 is 10.0 Å². The molecule has 1 saturated carbocycles. The third-order valence-corrected chi connectivity index (χ3v) is 7.13. The molecule has 0 radical (unpaired) electrons. The van der Waals surface area contributed by atoms with Gasteiger partial charge in [-0.15, -0.1) is 0 Å². The number of primary sulfonamides is 1. The summed E-state index contributed by atoms with van der Waals surface area (Å²) < 4.78 is 38.3. The zero-order valence-electron chi connectivity index (χ0n) is 18.2. The van der Waals surface area contributed by atoms with Crippen LogP contribution >= 0.6 is 0 Å². The van der Waals surface area contributed by atoms with Crippen molar-refractivity contribution in [2.75, 3.05) is 0 Å². The number of nitrogens with one attached hydrogen (secondary N) is 1. The molecule has 1 aromatic heterocycles. The van der Waals surface area contributed by atoms with Gasteiger partial charge in [-0.1, -0.05) is 23.3 Å². The molecule has 2 bridgehead atoms. The molecule has 1 heterocycles. The Morgan fingerprint density at radius 1 is 1.06 bits per heavy atom. The van der Waals surface area contributed by atoms with Crippen molar-refractivity contribution in [3.05, 3.63) is 89.4 Å². The summed E-state index contributed by atoms with van der Waals surface area (Å²) in [6.45, 7) is 0.229. The van der Waals surface area contributed by atoms with Crippen LogP contribution in [0.2, 0.25) is 0 Å². The minimum atomic E-state index is -3.82. The number of benzene rings is 2. The summed E-state index contributed by atoms with van der Waals surface area (Å²) in [6, 6.07) is 13.8. The maximum absolute atomic E-state index is 13.5. The van der Waals surface area contributed by atoms with Gasteiger partial charge in [0.05, 0.1) is 34.4 Å². The molecule has 1 fully saturated rings. The minimum Gasteiger partial charge on any atom is -0.350 e. The van der Waals surface area contributed by atoms with Gasteiger partial charge in [0.1, 0.15) is 5.82 Å². The quantitative estimate of drug-likeness (QED) is 0.564. The first-order valence-corrected chi connectivity index (χ1v) is 12.5. The van der Waals surface area contributed by atoms with Crippen LogP contribution in [0, 0.1) is 11.7 Å². The lowest BCUT2D eigenvalue weighted by molar-refractivity contribution is -0.123. The van der Waals surface area contributed by atoms with Crippen LogP contribution in [0.1, 0.15) is 25.0 Å². The third kappa shape index (κ3) is 4.32. The zero-order chi connectivity index (χ0) is 23.9. The van der Waals surface area contributed by atoms with Crippen molar-refractivity contribution in [2.24, 2.45) is 11.1 Å². The predicted octanol–water partition coefficient (Wildman–Crippen LogP) is 3.61. The van der Waals surface area contributed by atoms with E-state index >= 15 is 0 Å². The SMILES string of the molecule is NS(=O)(=O)c1ccc(-n2nc(CNC(=O)C3C4=CC=C3CCC4)cc2-c2ccc(F)cc2)cc1. The number of nitrogens with zero attached hydrogens (tertiary/aromatic N) is 2. The Morgan fingerprint density at radius 2 is 1.71 bits per heavy atom. The van der Waals surface area contributed by atoms with E-state index in [4.69, 9.17) is 5.14 Å². The molecule has 9 heteroatoms. The van der Waals surface area contributed by atoms with Crippen molar-refractivity contribution >= 4 is 15.9 Å². The molecule has 5 rings (SSSR count). The van der Waals surface area contributed by atoms with Crippen LogP contribution < -0.4 is 10.5 Å². The van der Waals surface area contributed by atoms with Gasteiger partial charge in [0.15, 0.2) is 0 Å². The first kappa shape index (κ1) is 22.2. The average Bonchev–Trinajstić information content (AvgIpc) is 3.35. The maximum atomic E-state index is 13.5. The summed E-state index contributed by atoms with van der Waals surface area (Å²) in [5.74, 6) is -0.575. The summed E-state index contributed by atoms with van der Waals surface area (Å²) in [5.41, 5.74) is 4.94. The number of hydrogen-bond acceptors (Lipinski definition) is 4. The van der Waals surface area contributed by atoms with Crippen LogP contribution in [0.25, 0.3) is 16.9 Å². The molecule has 34 heavy (non-hydrogen) atoms. The molecule has 0 atom stereocenters. The third-order valence-electron chi connectivity index (χ3n) is 6.20. The first-order valence-electron chi connectivity index (χ1n) is 10.9. The van der Waals surface area contributed by atoms with Gasteiger partial charge < -0.3 is 5.32 Å². The number of carbonyl (C=O) groups is 1. The number of hydrogen-bond donors (Lipinski definition) is 2. The summed E-state index contributed by atoms with van der Waals surface area (Å²) >= 11 is 0. The Kier molecular flexibility index (Phi) is 5.66. The number of halogens is 1. The summed E-state index contributed by atoms with van der Waals surface area (Å²) in [5, 5.41) is 12.8. The second-order valence-electron chi connectivity index (χ2n) is 8.47. The molecule has 2 aliphatic carbocycles. The fraction of sp³-hybridized carbons (Fsp3) is 0.200. The maximum Gasteiger partial charge on any atom is 0.238 e. The number of rotatable bonds is 6. The van der Waals surface area contributed by atoms with Crippen molar-refractivity contribution in [3.8, 4) is 16.9 Å². The Hall–Kier alpha value is -3.56. The molecule has 3 aromatic rings. The van der Waals surface area contributed by atoms with E-state index in [2.05, 4.69) is 22.6 Å². The van der Waals surface area contributed by atoms with Gasteiger partial charge in [0.25, 0.3) is 0 Å². The van der Waals surface area contributed by atoms with E-state index in [0.717, 1.165) is 36.0 Å². The highest BCUT2D eigenvalue weighted by Crippen LogP contribution is 2.38. The number of amides is 1. The van der Waals surface area contributed by atoms with Crippen molar-refractivity contribution in [2.45, 2.75) is 30.7 Å². The Labute approximate surface area is 196 Å². The lowest BCUT2D eigenvalue weighted by atomic mass is 9.83. The Bertz CT molecular complexity index is 1400. The number of fused-ring (bicyclic) bond motifs is 2. The molecule has 0 aliphatic heterocycles.